The van der Waals surface area contributed by atoms with Gasteiger partial charge < -0.3 is 9.47 Å². The minimum atomic E-state index is -0.570. The first kappa shape index (κ1) is 16.0. The van der Waals surface area contributed by atoms with Crippen LogP contribution in [0.1, 0.15) is 26.3 Å². The molecule has 20 heavy (non-hydrogen) atoms. The summed E-state index contributed by atoms with van der Waals surface area (Å²) in [5.74, 6) is -0.383. The summed E-state index contributed by atoms with van der Waals surface area (Å²) >= 11 is 0. The maximum Gasteiger partial charge on any atom is 0.412 e. The Kier molecular flexibility index (Phi) is 5.55. The number of ether oxygens (including phenoxy) is 2. The Labute approximate surface area is 119 Å². The third kappa shape index (κ3) is 6.22. The second kappa shape index (κ2) is 6.93. The zero-order chi connectivity index (χ0) is 15.2. The van der Waals surface area contributed by atoms with Gasteiger partial charge in [-0.2, -0.15) is 0 Å². The van der Waals surface area contributed by atoms with Crippen molar-refractivity contribution >= 4 is 12.1 Å². The molecule has 0 bridgehead atoms. The lowest BCUT2D eigenvalue weighted by Gasteiger charge is -2.24. The number of amides is 1. The van der Waals surface area contributed by atoms with Crippen LogP contribution in [0.15, 0.2) is 30.3 Å². The SMILES string of the molecule is CN(COC(=O)Cc1ccccc1)C(=O)OC(C)(C)C. The van der Waals surface area contributed by atoms with Crippen LogP contribution >= 0.6 is 0 Å². The van der Waals surface area contributed by atoms with E-state index in [2.05, 4.69) is 0 Å². The van der Waals surface area contributed by atoms with E-state index in [4.69, 9.17) is 9.47 Å². The Morgan fingerprint density at radius 2 is 1.75 bits per heavy atom. The van der Waals surface area contributed by atoms with Crippen molar-refractivity contribution in [2.45, 2.75) is 32.8 Å². The normalized spacial score (nSPS) is 10.8. The average Bonchev–Trinajstić information content (AvgIpc) is 2.35. The Balaban J connectivity index is 2.35. The third-order valence-corrected chi connectivity index (χ3v) is 2.32. The lowest BCUT2D eigenvalue weighted by Crippen LogP contribution is -2.36. The van der Waals surface area contributed by atoms with Crippen LogP contribution < -0.4 is 0 Å². The second-order valence-corrected chi connectivity index (χ2v) is 5.49. The number of carbonyl (C=O) groups is 2. The third-order valence-electron chi connectivity index (χ3n) is 2.32. The molecule has 1 aromatic rings. The van der Waals surface area contributed by atoms with E-state index >= 15 is 0 Å². The van der Waals surface area contributed by atoms with Crippen LogP contribution in [0.4, 0.5) is 4.79 Å². The first-order valence-electron chi connectivity index (χ1n) is 6.41. The van der Waals surface area contributed by atoms with Gasteiger partial charge >= 0.3 is 12.1 Å². The summed E-state index contributed by atoms with van der Waals surface area (Å²) in [6.07, 6.45) is -0.340. The molecule has 0 aliphatic heterocycles. The van der Waals surface area contributed by atoms with Crippen molar-refractivity contribution in [2.24, 2.45) is 0 Å². The van der Waals surface area contributed by atoms with Gasteiger partial charge in [0, 0.05) is 7.05 Å². The van der Waals surface area contributed by atoms with Gasteiger partial charge in [0.15, 0.2) is 6.73 Å². The molecule has 0 radical (unpaired) electrons. The maximum absolute atomic E-state index is 11.6. The van der Waals surface area contributed by atoms with Gasteiger partial charge in [0.1, 0.15) is 5.60 Å². The topological polar surface area (TPSA) is 55.8 Å². The first-order chi connectivity index (χ1) is 9.28. The monoisotopic (exact) mass is 279 g/mol. The summed E-state index contributed by atoms with van der Waals surface area (Å²) in [5, 5.41) is 0. The van der Waals surface area contributed by atoms with Gasteiger partial charge in [0.05, 0.1) is 6.42 Å². The molecule has 5 nitrogen and oxygen atoms in total. The van der Waals surface area contributed by atoms with Crippen molar-refractivity contribution in [2.75, 3.05) is 13.8 Å². The molecule has 0 aliphatic rings. The smallest absolute Gasteiger partial charge is 0.412 e. The van der Waals surface area contributed by atoms with Gasteiger partial charge in [-0.05, 0) is 26.3 Å². The van der Waals surface area contributed by atoms with Gasteiger partial charge in [0.25, 0.3) is 0 Å². The second-order valence-electron chi connectivity index (χ2n) is 5.49. The molecule has 1 aromatic carbocycles. The van der Waals surface area contributed by atoms with Gasteiger partial charge in [-0.25, -0.2) is 4.79 Å². The minimum Gasteiger partial charge on any atom is -0.444 e. The molecule has 0 N–H and O–H groups in total. The molecule has 0 aromatic heterocycles. The summed E-state index contributed by atoms with van der Waals surface area (Å²) in [6.45, 7) is 5.21. The quantitative estimate of drug-likeness (QED) is 0.628. The first-order valence-corrected chi connectivity index (χ1v) is 6.41. The molecule has 0 spiro atoms. The molecule has 0 heterocycles. The van der Waals surface area contributed by atoms with E-state index in [1.807, 2.05) is 30.3 Å². The van der Waals surface area contributed by atoms with Crippen LogP contribution in [-0.4, -0.2) is 36.3 Å². The number of esters is 1. The number of benzene rings is 1. The fourth-order valence-electron chi connectivity index (χ4n) is 1.37. The predicted octanol–water partition coefficient (Wildman–Crippen LogP) is 2.60. The van der Waals surface area contributed by atoms with Crippen molar-refractivity contribution in [3.63, 3.8) is 0 Å². The highest BCUT2D eigenvalue weighted by Crippen LogP contribution is 2.09. The van der Waals surface area contributed by atoms with Gasteiger partial charge in [0.2, 0.25) is 0 Å². The molecule has 0 saturated heterocycles. The molecule has 0 saturated carbocycles. The molecule has 0 unspecified atom stereocenters. The summed E-state index contributed by atoms with van der Waals surface area (Å²) in [5.41, 5.74) is 0.303. The predicted molar refractivity (Wildman–Crippen MR) is 75.1 cm³/mol. The average molecular weight is 279 g/mol. The van der Waals surface area contributed by atoms with E-state index in [9.17, 15) is 9.59 Å². The lowest BCUT2D eigenvalue weighted by atomic mass is 10.2. The van der Waals surface area contributed by atoms with Crippen molar-refractivity contribution in [3.05, 3.63) is 35.9 Å². The molecular formula is C15H21NO4. The largest absolute Gasteiger partial charge is 0.444 e. The van der Waals surface area contributed by atoms with E-state index in [0.29, 0.717) is 0 Å². The summed E-state index contributed by atoms with van der Waals surface area (Å²) < 4.78 is 10.2. The molecule has 1 rings (SSSR count). The zero-order valence-electron chi connectivity index (χ0n) is 12.4. The Bertz CT molecular complexity index is 451. The van der Waals surface area contributed by atoms with Crippen molar-refractivity contribution in [3.8, 4) is 0 Å². The van der Waals surface area contributed by atoms with E-state index in [-0.39, 0.29) is 19.1 Å². The van der Waals surface area contributed by atoms with Crippen molar-refractivity contribution in [1.29, 1.82) is 0 Å². The molecular weight excluding hydrogens is 258 g/mol. The van der Waals surface area contributed by atoms with Crippen LogP contribution in [0.5, 0.6) is 0 Å². The maximum atomic E-state index is 11.6. The Morgan fingerprint density at radius 1 is 1.15 bits per heavy atom. The fourth-order valence-corrected chi connectivity index (χ4v) is 1.37. The standard InChI is InChI=1S/C15H21NO4/c1-15(2,3)20-14(18)16(4)11-19-13(17)10-12-8-6-5-7-9-12/h5-9H,10-11H2,1-4H3. The summed E-state index contributed by atoms with van der Waals surface area (Å²) in [6, 6.07) is 9.29. The molecule has 0 fully saturated rings. The molecule has 110 valence electrons. The fraction of sp³-hybridized carbons (Fsp3) is 0.467. The van der Waals surface area contributed by atoms with E-state index in [1.54, 1.807) is 20.8 Å². The van der Waals surface area contributed by atoms with Crippen LogP contribution in [-0.2, 0) is 20.7 Å². The Hall–Kier alpha value is -2.04. The molecule has 5 heteroatoms. The lowest BCUT2D eigenvalue weighted by molar-refractivity contribution is -0.146. The van der Waals surface area contributed by atoms with Gasteiger partial charge in [-0.15, -0.1) is 0 Å². The number of nitrogens with zero attached hydrogens (tertiary/aromatic N) is 1. The summed E-state index contributed by atoms with van der Waals surface area (Å²) in [4.78, 5) is 24.5. The van der Waals surface area contributed by atoms with E-state index in [0.717, 1.165) is 5.56 Å². The number of hydrogen-bond donors (Lipinski definition) is 0. The van der Waals surface area contributed by atoms with Crippen LogP contribution in [0.25, 0.3) is 0 Å². The molecule has 1 amide bonds. The van der Waals surface area contributed by atoms with Crippen molar-refractivity contribution < 1.29 is 19.1 Å². The summed E-state index contributed by atoms with van der Waals surface area (Å²) in [7, 11) is 1.52. The van der Waals surface area contributed by atoms with Crippen LogP contribution in [0, 0.1) is 0 Å². The van der Waals surface area contributed by atoms with E-state index in [1.165, 1.54) is 11.9 Å². The highest BCUT2D eigenvalue weighted by atomic mass is 16.6. The van der Waals surface area contributed by atoms with Gasteiger partial charge in [-0.1, -0.05) is 30.3 Å². The minimum absolute atomic E-state index is 0.124. The Morgan fingerprint density at radius 3 is 2.30 bits per heavy atom. The highest BCUT2D eigenvalue weighted by molar-refractivity contribution is 5.73. The van der Waals surface area contributed by atoms with Gasteiger partial charge in [-0.3, -0.25) is 9.69 Å². The van der Waals surface area contributed by atoms with E-state index < -0.39 is 11.7 Å². The number of hydrogen-bond acceptors (Lipinski definition) is 4. The van der Waals surface area contributed by atoms with Crippen LogP contribution in [0.3, 0.4) is 0 Å². The zero-order valence-corrected chi connectivity index (χ0v) is 12.4. The molecule has 0 aliphatic carbocycles. The van der Waals surface area contributed by atoms with Crippen LogP contribution in [0.2, 0.25) is 0 Å². The number of carbonyl (C=O) groups excluding carboxylic acids is 2. The molecule has 0 atom stereocenters. The number of rotatable bonds is 4. The van der Waals surface area contributed by atoms with Crippen molar-refractivity contribution in [1.82, 2.24) is 4.90 Å². The highest BCUT2D eigenvalue weighted by Gasteiger charge is 2.20.